The number of rotatable bonds is 3. The minimum atomic E-state index is 0.246. The van der Waals surface area contributed by atoms with Gasteiger partial charge in [0.15, 0.2) is 5.82 Å². The maximum Gasteiger partial charge on any atom is 0.167 e. The molecule has 3 rings (SSSR count). The second-order valence-corrected chi connectivity index (χ2v) is 6.23. The third kappa shape index (κ3) is 2.70. The number of benzene rings is 1. The zero-order valence-corrected chi connectivity index (χ0v) is 13.2. The number of hydrogen-bond donors (Lipinski definition) is 0. The van der Waals surface area contributed by atoms with Crippen LogP contribution < -0.4 is 0 Å². The molecule has 0 bridgehead atoms. The van der Waals surface area contributed by atoms with Crippen LogP contribution in [0.15, 0.2) is 24.3 Å². The smallest absolute Gasteiger partial charge is 0.167 e. The van der Waals surface area contributed by atoms with Crippen LogP contribution in [0, 0.1) is 6.92 Å². The number of aromatic nitrogens is 4. The summed E-state index contributed by atoms with van der Waals surface area (Å²) >= 11 is 0. The van der Waals surface area contributed by atoms with Crippen LogP contribution in [0.2, 0.25) is 0 Å². The molecule has 1 aliphatic rings. The van der Waals surface area contributed by atoms with Crippen molar-refractivity contribution in [2.75, 3.05) is 6.54 Å². The lowest BCUT2D eigenvalue weighted by Gasteiger charge is -2.27. The van der Waals surface area contributed by atoms with Gasteiger partial charge in [-0.15, -0.1) is 5.10 Å². The van der Waals surface area contributed by atoms with Gasteiger partial charge in [-0.05, 0) is 49.1 Å². The highest BCUT2D eigenvalue weighted by Crippen LogP contribution is 2.36. The van der Waals surface area contributed by atoms with E-state index in [1.807, 2.05) is 7.05 Å². The summed E-state index contributed by atoms with van der Waals surface area (Å²) in [5.74, 6) is 1.54. The first-order valence-corrected chi connectivity index (χ1v) is 7.61. The van der Waals surface area contributed by atoms with Gasteiger partial charge in [-0.2, -0.15) is 0 Å². The number of hydrogen-bond acceptors (Lipinski definition) is 4. The van der Waals surface area contributed by atoms with E-state index < -0.39 is 0 Å². The summed E-state index contributed by atoms with van der Waals surface area (Å²) in [6.07, 6.45) is 1.19. The zero-order valence-electron chi connectivity index (χ0n) is 13.2. The van der Waals surface area contributed by atoms with E-state index in [-0.39, 0.29) is 6.04 Å². The van der Waals surface area contributed by atoms with Crippen LogP contribution in [-0.4, -0.2) is 37.7 Å². The van der Waals surface area contributed by atoms with Gasteiger partial charge < -0.3 is 0 Å². The van der Waals surface area contributed by atoms with Gasteiger partial charge in [0, 0.05) is 19.6 Å². The van der Waals surface area contributed by atoms with E-state index in [4.69, 9.17) is 0 Å². The van der Waals surface area contributed by atoms with Gasteiger partial charge in [0.25, 0.3) is 0 Å². The Morgan fingerprint density at radius 1 is 1.24 bits per heavy atom. The molecule has 0 spiro atoms. The maximum atomic E-state index is 4.16. The quantitative estimate of drug-likeness (QED) is 0.869. The molecule has 112 valence electrons. The fourth-order valence-corrected chi connectivity index (χ4v) is 3.41. The molecule has 21 heavy (non-hydrogen) atoms. The van der Waals surface area contributed by atoms with Crippen molar-refractivity contribution in [2.45, 2.75) is 45.2 Å². The van der Waals surface area contributed by atoms with Gasteiger partial charge in [0.2, 0.25) is 0 Å². The lowest BCUT2D eigenvalue weighted by atomic mass is 9.96. The largest absolute Gasteiger partial charge is 0.290 e. The lowest BCUT2D eigenvalue weighted by molar-refractivity contribution is 0.192. The first-order valence-electron chi connectivity index (χ1n) is 7.61. The molecule has 5 nitrogen and oxygen atoms in total. The van der Waals surface area contributed by atoms with Crippen LogP contribution >= 0.6 is 0 Å². The first-order chi connectivity index (χ1) is 10.1. The van der Waals surface area contributed by atoms with Crippen molar-refractivity contribution in [1.29, 1.82) is 0 Å². The number of likely N-dealkylation sites (tertiary alicyclic amines) is 1. The lowest BCUT2D eigenvalue weighted by Crippen LogP contribution is -2.31. The summed E-state index contributed by atoms with van der Waals surface area (Å²) in [6, 6.07) is 9.74. The Labute approximate surface area is 126 Å². The Hall–Kier alpha value is -1.75. The van der Waals surface area contributed by atoms with Crippen LogP contribution in [0.3, 0.4) is 0 Å². The molecular formula is C16H23N5. The molecule has 1 aliphatic heterocycles. The molecule has 3 atom stereocenters. The third-order valence-electron chi connectivity index (χ3n) is 4.70. The predicted octanol–water partition coefficient (Wildman–Crippen LogP) is 2.46. The molecule has 0 amide bonds. The van der Waals surface area contributed by atoms with Crippen molar-refractivity contribution >= 4 is 0 Å². The molecule has 1 fully saturated rings. The summed E-state index contributed by atoms with van der Waals surface area (Å²) in [7, 11) is 1.91. The summed E-state index contributed by atoms with van der Waals surface area (Å²) in [4.78, 5) is 2.51. The van der Waals surface area contributed by atoms with Gasteiger partial charge in [-0.25, -0.2) is 4.68 Å². The van der Waals surface area contributed by atoms with Crippen molar-refractivity contribution in [3.05, 3.63) is 41.2 Å². The Morgan fingerprint density at radius 3 is 2.57 bits per heavy atom. The Kier molecular flexibility index (Phi) is 3.76. The third-order valence-corrected chi connectivity index (χ3v) is 4.70. The minimum absolute atomic E-state index is 0.246. The molecule has 0 aliphatic carbocycles. The first kappa shape index (κ1) is 14.2. The van der Waals surface area contributed by atoms with Crippen molar-refractivity contribution < 1.29 is 0 Å². The van der Waals surface area contributed by atoms with Gasteiger partial charge in [0.05, 0.1) is 6.04 Å². The second kappa shape index (κ2) is 5.56. The number of aryl methyl sites for hydroxylation is 2. The summed E-state index contributed by atoms with van der Waals surface area (Å²) in [5, 5.41) is 11.9. The van der Waals surface area contributed by atoms with Gasteiger partial charge in [-0.1, -0.05) is 29.8 Å². The van der Waals surface area contributed by atoms with Gasteiger partial charge in [-0.3, -0.25) is 4.90 Å². The summed E-state index contributed by atoms with van der Waals surface area (Å²) in [5.41, 5.74) is 2.76. The maximum absolute atomic E-state index is 4.16. The van der Waals surface area contributed by atoms with Crippen molar-refractivity contribution in [2.24, 2.45) is 7.05 Å². The summed E-state index contributed by atoms with van der Waals surface area (Å²) in [6.45, 7) is 7.70. The number of nitrogens with zero attached hydrogens (tertiary/aromatic N) is 5. The van der Waals surface area contributed by atoms with Crippen molar-refractivity contribution in [1.82, 2.24) is 25.1 Å². The van der Waals surface area contributed by atoms with Crippen LogP contribution in [-0.2, 0) is 7.05 Å². The Balaban J connectivity index is 1.77. The SMILES string of the molecule is Cc1ccc([C@@H]2C[C@H](C)N([C@H](C)c3nnnn3C)C2)cc1. The fourth-order valence-electron chi connectivity index (χ4n) is 3.41. The van der Waals surface area contributed by atoms with E-state index >= 15 is 0 Å². The average molecular weight is 285 g/mol. The van der Waals surface area contributed by atoms with E-state index in [1.165, 1.54) is 17.5 Å². The monoisotopic (exact) mass is 285 g/mol. The molecule has 5 heteroatoms. The molecule has 1 aromatic heterocycles. The topological polar surface area (TPSA) is 46.8 Å². The van der Waals surface area contributed by atoms with E-state index in [2.05, 4.69) is 65.5 Å². The molecule has 2 aromatic rings. The van der Waals surface area contributed by atoms with E-state index in [9.17, 15) is 0 Å². The van der Waals surface area contributed by atoms with Gasteiger partial charge in [0.1, 0.15) is 0 Å². The molecule has 0 unspecified atom stereocenters. The van der Waals surface area contributed by atoms with Crippen LogP contribution in [0.25, 0.3) is 0 Å². The Morgan fingerprint density at radius 2 is 1.95 bits per heavy atom. The van der Waals surface area contributed by atoms with E-state index in [1.54, 1.807) is 4.68 Å². The standard InChI is InChI=1S/C16H23N5/c1-11-5-7-14(8-6-11)15-9-12(2)21(10-15)13(3)16-17-18-19-20(16)4/h5-8,12-13,15H,9-10H2,1-4H3/t12-,13+,15+/m0/s1. The fraction of sp³-hybridized carbons (Fsp3) is 0.562. The zero-order chi connectivity index (χ0) is 15.0. The van der Waals surface area contributed by atoms with E-state index in [0.717, 1.165) is 12.4 Å². The minimum Gasteiger partial charge on any atom is -0.290 e. The normalized spacial score (nSPS) is 24.4. The average Bonchev–Trinajstić information content (AvgIpc) is 3.05. The highest BCUT2D eigenvalue weighted by Gasteiger charge is 2.34. The molecule has 0 radical (unpaired) electrons. The highest BCUT2D eigenvalue weighted by atomic mass is 15.5. The summed E-state index contributed by atoms with van der Waals surface area (Å²) < 4.78 is 1.77. The molecule has 1 saturated heterocycles. The van der Waals surface area contributed by atoms with Crippen LogP contribution in [0.5, 0.6) is 0 Å². The van der Waals surface area contributed by atoms with Gasteiger partial charge >= 0.3 is 0 Å². The molecule has 2 heterocycles. The molecule has 1 aromatic carbocycles. The van der Waals surface area contributed by atoms with Crippen molar-refractivity contribution in [3.63, 3.8) is 0 Å². The molecule has 0 N–H and O–H groups in total. The van der Waals surface area contributed by atoms with Crippen LogP contribution in [0.1, 0.15) is 49.2 Å². The van der Waals surface area contributed by atoms with Crippen molar-refractivity contribution in [3.8, 4) is 0 Å². The second-order valence-electron chi connectivity index (χ2n) is 6.23. The highest BCUT2D eigenvalue weighted by molar-refractivity contribution is 5.26. The van der Waals surface area contributed by atoms with E-state index in [0.29, 0.717) is 12.0 Å². The van der Waals surface area contributed by atoms with Crippen LogP contribution in [0.4, 0.5) is 0 Å². The Bertz CT molecular complexity index is 603. The molecular weight excluding hydrogens is 262 g/mol. The number of tetrazole rings is 1. The molecule has 0 saturated carbocycles. The predicted molar refractivity (Wildman–Crippen MR) is 81.9 cm³/mol.